The molecule has 2 unspecified atom stereocenters. The van der Waals surface area contributed by atoms with Crippen molar-refractivity contribution in [2.45, 2.75) is 31.3 Å². The molecule has 2 saturated heterocycles. The minimum Gasteiger partial charge on any atom is -0.456 e. The largest absolute Gasteiger partial charge is 0.456 e. The molecule has 2 aromatic carbocycles. The molecule has 5 rings (SSSR count). The van der Waals surface area contributed by atoms with E-state index in [1.165, 1.54) is 5.69 Å². The Morgan fingerprint density at radius 2 is 1.67 bits per heavy atom. The Labute approximate surface area is 250 Å². The molecule has 5 atom stereocenters. The molecule has 1 amide bonds. The van der Waals surface area contributed by atoms with Gasteiger partial charge in [-0.3, -0.25) is 4.79 Å². The van der Waals surface area contributed by atoms with Crippen molar-refractivity contribution in [1.29, 1.82) is 5.26 Å². The van der Waals surface area contributed by atoms with Crippen molar-refractivity contribution in [2.75, 3.05) is 57.9 Å². The second-order valence-corrected chi connectivity index (χ2v) is 11.2. The minimum atomic E-state index is -1.39. The van der Waals surface area contributed by atoms with Gasteiger partial charge in [0.05, 0.1) is 25.4 Å². The summed E-state index contributed by atoms with van der Waals surface area (Å²) in [6.07, 6.45) is -4.71. The number of amides is 1. The van der Waals surface area contributed by atoms with Crippen LogP contribution in [0.15, 0.2) is 58.5 Å². The highest BCUT2D eigenvalue weighted by atomic mass is 16.5. The van der Waals surface area contributed by atoms with E-state index in [0.717, 1.165) is 42.5 Å². The van der Waals surface area contributed by atoms with Crippen molar-refractivity contribution >= 4 is 27.9 Å². The summed E-state index contributed by atoms with van der Waals surface area (Å²) in [6.45, 7) is 4.51. The van der Waals surface area contributed by atoms with Crippen LogP contribution >= 0.6 is 0 Å². The van der Waals surface area contributed by atoms with Gasteiger partial charge < -0.3 is 44.7 Å². The number of rotatable bonds is 8. The molecule has 0 radical (unpaired) electrons. The number of allylic oxidation sites excluding steroid dienone is 1. The first-order valence-electron chi connectivity index (χ1n) is 14.4. The molecule has 11 nitrogen and oxygen atoms in total. The first kappa shape index (κ1) is 30.7. The standard InChI is InChI=1S/C32H38N4O7/c1-19(24(15-33)32(41)34-16-25-28(17-37)43-29(18-38)31(40)30(25)39)26-7-8-27(42-26)22-4-3-21-14-23(6-5-20(21)13-22)36-11-9-35(2)10-12-36/h3-8,13-14,25,28-31,37-40H,9-12,16-18H2,1-2H3,(H,34,41)/b24-19+/t25?,28?,29-,30-,31-/m1/s1. The number of hydrogen-bond acceptors (Lipinski definition) is 10. The maximum absolute atomic E-state index is 13.0. The lowest BCUT2D eigenvalue weighted by atomic mass is 9.86. The van der Waals surface area contributed by atoms with Crippen LogP contribution in [-0.4, -0.2) is 109 Å². The van der Waals surface area contributed by atoms with Crippen molar-refractivity contribution in [1.82, 2.24) is 10.2 Å². The average Bonchev–Trinajstić information content (AvgIpc) is 3.52. The van der Waals surface area contributed by atoms with Gasteiger partial charge in [0.15, 0.2) is 0 Å². The van der Waals surface area contributed by atoms with Crippen LogP contribution in [0.2, 0.25) is 0 Å². The molecule has 2 aliphatic heterocycles. The monoisotopic (exact) mass is 590 g/mol. The Bertz CT molecular complexity index is 1520. The fourth-order valence-corrected chi connectivity index (χ4v) is 5.75. The topological polar surface area (TPSA) is 163 Å². The number of likely N-dealkylation sites (N-methyl/N-ethyl adjacent to an activating group) is 1. The summed E-state index contributed by atoms with van der Waals surface area (Å²) in [5.74, 6) is -0.587. The summed E-state index contributed by atoms with van der Waals surface area (Å²) >= 11 is 0. The molecule has 3 aromatic rings. The fourth-order valence-electron chi connectivity index (χ4n) is 5.75. The van der Waals surface area contributed by atoms with Crippen molar-refractivity contribution in [3.05, 3.63) is 59.9 Å². The van der Waals surface area contributed by atoms with Gasteiger partial charge in [-0.15, -0.1) is 0 Å². The number of benzene rings is 2. The molecule has 2 fully saturated rings. The summed E-state index contributed by atoms with van der Waals surface area (Å²) in [5, 5.41) is 54.3. The van der Waals surface area contributed by atoms with E-state index >= 15 is 0 Å². The van der Waals surface area contributed by atoms with Gasteiger partial charge >= 0.3 is 0 Å². The zero-order valence-corrected chi connectivity index (χ0v) is 24.3. The number of furan rings is 1. The number of aliphatic hydroxyl groups is 4. The first-order chi connectivity index (χ1) is 20.7. The third kappa shape index (κ3) is 6.45. The number of anilines is 1. The van der Waals surface area contributed by atoms with E-state index in [4.69, 9.17) is 9.15 Å². The highest BCUT2D eigenvalue weighted by Crippen LogP contribution is 2.31. The third-order valence-electron chi connectivity index (χ3n) is 8.52. The Hall–Kier alpha value is -3.76. The average molecular weight is 591 g/mol. The molecule has 3 heterocycles. The van der Waals surface area contributed by atoms with Crippen LogP contribution in [0.4, 0.5) is 5.69 Å². The quantitative estimate of drug-likeness (QED) is 0.191. The molecule has 0 spiro atoms. The number of carbonyl (C=O) groups is 1. The Kier molecular flexibility index (Phi) is 9.46. The Morgan fingerprint density at radius 3 is 2.37 bits per heavy atom. The minimum absolute atomic E-state index is 0.170. The maximum atomic E-state index is 13.0. The van der Waals surface area contributed by atoms with E-state index < -0.39 is 49.5 Å². The zero-order valence-electron chi connectivity index (χ0n) is 24.3. The van der Waals surface area contributed by atoms with Crippen molar-refractivity contribution in [2.24, 2.45) is 5.92 Å². The maximum Gasteiger partial charge on any atom is 0.262 e. The number of hydrogen-bond donors (Lipinski definition) is 5. The van der Waals surface area contributed by atoms with Gasteiger partial charge in [-0.1, -0.05) is 18.2 Å². The molecule has 0 bridgehead atoms. The molecule has 1 aromatic heterocycles. The highest BCUT2D eigenvalue weighted by molar-refractivity contribution is 6.04. The molecular formula is C32H38N4O7. The number of ether oxygens (including phenoxy) is 1. The van der Waals surface area contributed by atoms with E-state index in [-0.39, 0.29) is 12.1 Å². The highest BCUT2D eigenvalue weighted by Gasteiger charge is 2.44. The van der Waals surface area contributed by atoms with Crippen LogP contribution in [0.25, 0.3) is 27.7 Å². The van der Waals surface area contributed by atoms with Crippen LogP contribution in [-0.2, 0) is 9.53 Å². The molecule has 0 aliphatic carbocycles. The van der Waals surface area contributed by atoms with Gasteiger partial charge in [0.25, 0.3) is 5.91 Å². The summed E-state index contributed by atoms with van der Waals surface area (Å²) in [5.41, 5.74) is 2.24. The van der Waals surface area contributed by atoms with Gasteiger partial charge in [0.1, 0.15) is 35.4 Å². The molecule has 0 saturated carbocycles. The van der Waals surface area contributed by atoms with Crippen molar-refractivity contribution in [3.8, 4) is 17.4 Å². The molecule has 2 aliphatic rings. The fraction of sp³-hybridized carbons (Fsp3) is 0.438. The van der Waals surface area contributed by atoms with E-state index in [0.29, 0.717) is 17.1 Å². The molecular weight excluding hydrogens is 552 g/mol. The number of nitrogens with zero attached hydrogens (tertiary/aromatic N) is 3. The summed E-state index contributed by atoms with van der Waals surface area (Å²) in [4.78, 5) is 17.7. The first-order valence-corrected chi connectivity index (χ1v) is 14.4. The van der Waals surface area contributed by atoms with Gasteiger partial charge in [0.2, 0.25) is 0 Å². The SMILES string of the molecule is C/C(=C(/C#N)C(=O)NCC1C(CO)O[C@H](CO)[C@@H](O)[C@@H]1O)c1ccc(-c2ccc3cc(N4CCN(C)CC4)ccc3c2)o1. The lowest BCUT2D eigenvalue weighted by Gasteiger charge is -2.41. The van der Waals surface area contributed by atoms with E-state index in [9.17, 15) is 30.5 Å². The molecule has 43 heavy (non-hydrogen) atoms. The second-order valence-electron chi connectivity index (χ2n) is 11.2. The normalized spacial score (nSPS) is 25.3. The van der Waals surface area contributed by atoms with E-state index in [1.807, 2.05) is 18.2 Å². The summed E-state index contributed by atoms with van der Waals surface area (Å²) in [7, 11) is 2.14. The number of fused-ring (bicyclic) bond motifs is 1. The number of nitriles is 1. The molecule has 228 valence electrons. The second kappa shape index (κ2) is 13.3. The van der Waals surface area contributed by atoms with Gasteiger partial charge in [-0.2, -0.15) is 5.26 Å². The van der Waals surface area contributed by atoms with Crippen molar-refractivity contribution in [3.63, 3.8) is 0 Å². The predicted octanol–water partition coefficient (Wildman–Crippen LogP) is 1.35. The van der Waals surface area contributed by atoms with Crippen LogP contribution in [0.3, 0.4) is 0 Å². The van der Waals surface area contributed by atoms with Crippen LogP contribution in [0, 0.1) is 17.2 Å². The van der Waals surface area contributed by atoms with Crippen LogP contribution in [0.5, 0.6) is 0 Å². The van der Waals surface area contributed by atoms with Gasteiger partial charge in [0, 0.05) is 55.5 Å². The third-order valence-corrected chi connectivity index (χ3v) is 8.52. The number of piperazine rings is 1. The summed E-state index contributed by atoms with van der Waals surface area (Å²) in [6, 6.07) is 18.0. The molecule has 5 N–H and O–H groups in total. The summed E-state index contributed by atoms with van der Waals surface area (Å²) < 4.78 is 11.5. The number of aliphatic hydroxyl groups excluding tert-OH is 4. The van der Waals surface area contributed by atoms with E-state index in [2.05, 4.69) is 46.4 Å². The van der Waals surface area contributed by atoms with Crippen LogP contribution in [0.1, 0.15) is 12.7 Å². The van der Waals surface area contributed by atoms with Crippen molar-refractivity contribution < 1.29 is 34.4 Å². The van der Waals surface area contributed by atoms with E-state index in [1.54, 1.807) is 19.1 Å². The predicted molar refractivity (Wildman–Crippen MR) is 161 cm³/mol. The molecule has 11 heteroatoms. The van der Waals surface area contributed by atoms with Gasteiger partial charge in [-0.05, 0) is 55.1 Å². The lowest BCUT2D eigenvalue weighted by Crippen LogP contribution is -2.59. The smallest absolute Gasteiger partial charge is 0.262 e. The van der Waals surface area contributed by atoms with Gasteiger partial charge in [-0.25, -0.2) is 0 Å². The Morgan fingerprint density at radius 1 is 0.977 bits per heavy atom. The number of nitrogens with one attached hydrogen (secondary N) is 1. The lowest BCUT2D eigenvalue weighted by molar-refractivity contribution is -0.215. The zero-order chi connectivity index (χ0) is 30.7. The Balaban J connectivity index is 1.29. The number of carbonyl (C=O) groups excluding carboxylic acids is 1. The van der Waals surface area contributed by atoms with Crippen LogP contribution < -0.4 is 10.2 Å².